The first-order valence-electron chi connectivity index (χ1n) is 7.99. The topological polar surface area (TPSA) is 49.4 Å². The second-order valence-corrected chi connectivity index (χ2v) is 8.59. The molecule has 1 aliphatic rings. The monoisotopic (exact) mass is 368 g/mol. The van der Waals surface area contributed by atoms with Gasteiger partial charge < -0.3 is 0 Å². The van der Waals surface area contributed by atoms with Crippen LogP contribution in [-0.2, 0) is 10.0 Å². The van der Waals surface area contributed by atoms with Crippen LogP contribution in [0.3, 0.4) is 0 Å². The molecule has 1 atom stereocenters. The van der Waals surface area contributed by atoms with Gasteiger partial charge in [0.2, 0.25) is 10.0 Å². The van der Waals surface area contributed by atoms with Crippen LogP contribution in [0.2, 0.25) is 0 Å². The summed E-state index contributed by atoms with van der Waals surface area (Å²) in [4.78, 5) is 2.46. The quantitative estimate of drug-likeness (QED) is 0.851. The summed E-state index contributed by atoms with van der Waals surface area (Å²) in [6.45, 7) is 3.89. The van der Waals surface area contributed by atoms with Gasteiger partial charge in [0.25, 0.3) is 0 Å². The van der Waals surface area contributed by atoms with Gasteiger partial charge in [-0.15, -0.1) is 0 Å². The molecule has 0 bridgehead atoms. The number of rotatable bonds is 6. The van der Waals surface area contributed by atoms with Gasteiger partial charge >= 0.3 is 0 Å². The van der Waals surface area contributed by atoms with Crippen molar-refractivity contribution in [2.45, 2.75) is 30.7 Å². The van der Waals surface area contributed by atoms with E-state index in [-0.39, 0.29) is 10.9 Å². The van der Waals surface area contributed by atoms with Gasteiger partial charge in [0.15, 0.2) is 0 Å². The lowest BCUT2D eigenvalue weighted by Gasteiger charge is -2.27. The average Bonchev–Trinajstić information content (AvgIpc) is 3.20. The number of hydrogen-bond acceptors (Lipinski definition) is 4. The number of nitrogens with one attached hydrogen (secondary N) is 1. The Hall–Kier alpha value is -1.28. The van der Waals surface area contributed by atoms with Crippen LogP contribution in [0.5, 0.6) is 0 Å². The van der Waals surface area contributed by atoms with Crippen molar-refractivity contribution in [2.75, 3.05) is 19.6 Å². The first kappa shape index (κ1) is 17.5. The predicted molar refractivity (Wildman–Crippen MR) is 94.2 cm³/mol. The molecule has 0 radical (unpaired) electrons. The summed E-state index contributed by atoms with van der Waals surface area (Å²) < 4.78 is 41.1. The summed E-state index contributed by atoms with van der Waals surface area (Å²) in [5.74, 6) is -0.431. The van der Waals surface area contributed by atoms with Crippen molar-refractivity contribution in [3.05, 3.63) is 52.0 Å². The molecule has 1 N–H and O–H groups in total. The van der Waals surface area contributed by atoms with Gasteiger partial charge in [-0.25, -0.2) is 17.5 Å². The molecule has 1 aliphatic heterocycles. The molecule has 0 saturated carbocycles. The second kappa shape index (κ2) is 7.31. The molecule has 4 nitrogen and oxygen atoms in total. The highest BCUT2D eigenvalue weighted by Crippen LogP contribution is 2.27. The lowest BCUT2D eigenvalue weighted by atomic mass is 10.1. The summed E-state index contributed by atoms with van der Waals surface area (Å²) in [7, 11) is -3.66. The largest absolute Gasteiger partial charge is 0.295 e. The number of hydrogen-bond donors (Lipinski definition) is 1. The van der Waals surface area contributed by atoms with Crippen molar-refractivity contribution in [1.29, 1.82) is 0 Å². The van der Waals surface area contributed by atoms with Crippen molar-refractivity contribution in [3.63, 3.8) is 0 Å². The van der Waals surface area contributed by atoms with Gasteiger partial charge in [-0.1, -0.05) is 0 Å². The predicted octanol–water partition coefficient (Wildman–Crippen LogP) is 3.31. The molecule has 2 aromatic rings. The summed E-state index contributed by atoms with van der Waals surface area (Å²) in [6.07, 6.45) is 2.29. The summed E-state index contributed by atoms with van der Waals surface area (Å²) in [5, 5.41) is 4.08. The normalized spacial score (nSPS) is 17.2. The van der Waals surface area contributed by atoms with Crippen molar-refractivity contribution in [2.24, 2.45) is 0 Å². The minimum absolute atomic E-state index is 0.0364. The lowest BCUT2D eigenvalue weighted by Crippen LogP contribution is -2.36. The lowest BCUT2D eigenvalue weighted by molar-refractivity contribution is 0.247. The molecule has 1 fully saturated rings. The van der Waals surface area contributed by atoms with Crippen LogP contribution in [0.4, 0.5) is 4.39 Å². The highest BCUT2D eigenvalue weighted by Gasteiger charge is 2.26. The number of halogens is 1. The smallest absolute Gasteiger partial charge is 0.240 e. The van der Waals surface area contributed by atoms with Crippen LogP contribution in [-0.4, -0.2) is 33.0 Å². The van der Waals surface area contributed by atoms with Crippen LogP contribution in [0.25, 0.3) is 0 Å². The van der Waals surface area contributed by atoms with E-state index in [1.54, 1.807) is 18.3 Å². The number of sulfonamides is 1. The number of thiophene rings is 1. The fourth-order valence-corrected chi connectivity index (χ4v) is 5.13. The average molecular weight is 368 g/mol. The van der Waals surface area contributed by atoms with E-state index in [0.29, 0.717) is 12.1 Å². The van der Waals surface area contributed by atoms with E-state index in [0.717, 1.165) is 31.5 Å². The number of aryl methyl sites for hydroxylation is 1. The van der Waals surface area contributed by atoms with Crippen molar-refractivity contribution < 1.29 is 12.8 Å². The Morgan fingerprint density at radius 1 is 1.29 bits per heavy atom. The SMILES string of the molecule is Cc1cc(F)ccc1S(=O)(=O)NC[C@H](c1ccsc1)N1CCCC1. The van der Waals surface area contributed by atoms with Gasteiger partial charge in [-0.3, -0.25) is 4.90 Å². The van der Waals surface area contributed by atoms with Crippen LogP contribution in [0, 0.1) is 12.7 Å². The van der Waals surface area contributed by atoms with Gasteiger partial charge in [-0.2, -0.15) is 11.3 Å². The van der Waals surface area contributed by atoms with E-state index in [9.17, 15) is 12.8 Å². The third-order valence-corrected chi connectivity index (χ3v) is 6.69. The third-order valence-electron chi connectivity index (χ3n) is 4.40. The molecule has 1 saturated heterocycles. The maximum Gasteiger partial charge on any atom is 0.240 e. The molecule has 0 amide bonds. The Morgan fingerprint density at radius 2 is 2.04 bits per heavy atom. The van der Waals surface area contributed by atoms with E-state index in [1.165, 1.54) is 18.2 Å². The minimum atomic E-state index is -3.66. The number of benzene rings is 1. The molecule has 1 aromatic carbocycles. The maximum absolute atomic E-state index is 13.2. The highest BCUT2D eigenvalue weighted by atomic mass is 32.2. The summed E-state index contributed by atoms with van der Waals surface area (Å²) in [6, 6.07) is 5.83. The zero-order valence-electron chi connectivity index (χ0n) is 13.5. The Labute approximate surface area is 146 Å². The van der Waals surface area contributed by atoms with Gasteiger partial charge in [0, 0.05) is 12.6 Å². The molecule has 2 heterocycles. The Balaban J connectivity index is 1.78. The maximum atomic E-state index is 13.2. The van der Waals surface area contributed by atoms with Crippen molar-refractivity contribution in [3.8, 4) is 0 Å². The fraction of sp³-hybridized carbons (Fsp3) is 0.412. The van der Waals surface area contributed by atoms with Crippen LogP contribution >= 0.6 is 11.3 Å². The first-order valence-corrected chi connectivity index (χ1v) is 10.4. The van der Waals surface area contributed by atoms with Gasteiger partial charge in [-0.05, 0) is 79.0 Å². The van der Waals surface area contributed by atoms with Crippen molar-refractivity contribution in [1.82, 2.24) is 9.62 Å². The number of likely N-dealkylation sites (tertiary alicyclic amines) is 1. The molecule has 7 heteroatoms. The third kappa shape index (κ3) is 3.85. The molecule has 3 rings (SSSR count). The molecule has 1 aromatic heterocycles. The molecular formula is C17H21FN2O2S2. The Bertz CT molecular complexity index is 785. The fourth-order valence-electron chi connectivity index (χ4n) is 3.16. The van der Waals surface area contributed by atoms with E-state index in [4.69, 9.17) is 0 Å². The minimum Gasteiger partial charge on any atom is -0.295 e. The zero-order chi connectivity index (χ0) is 17.2. The van der Waals surface area contributed by atoms with Gasteiger partial charge in [0.05, 0.1) is 4.90 Å². The molecule has 0 aliphatic carbocycles. The van der Waals surface area contributed by atoms with Gasteiger partial charge in [0.1, 0.15) is 5.82 Å². The van der Waals surface area contributed by atoms with E-state index >= 15 is 0 Å². The molecular weight excluding hydrogens is 347 g/mol. The summed E-state index contributed by atoms with van der Waals surface area (Å²) in [5.41, 5.74) is 1.55. The Kier molecular flexibility index (Phi) is 5.34. The van der Waals surface area contributed by atoms with Crippen LogP contribution < -0.4 is 4.72 Å². The number of nitrogens with zero attached hydrogens (tertiary/aromatic N) is 1. The summed E-state index contributed by atoms with van der Waals surface area (Å²) >= 11 is 1.61. The standard InChI is InChI=1S/C17H21FN2O2S2/c1-13-10-15(18)4-5-17(13)24(21,22)19-11-16(14-6-9-23-12-14)20-7-2-3-8-20/h4-6,9-10,12,16,19H,2-3,7-8,11H2,1H3/t16-/m1/s1. The van der Waals surface area contributed by atoms with E-state index in [1.807, 2.05) is 11.4 Å². The first-order chi connectivity index (χ1) is 11.5. The molecule has 24 heavy (non-hydrogen) atoms. The van der Waals surface area contributed by atoms with E-state index < -0.39 is 15.8 Å². The van der Waals surface area contributed by atoms with E-state index in [2.05, 4.69) is 15.0 Å². The second-order valence-electron chi connectivity index (χ2n) is 6.08. The Morgan fingerprint density at radius 3 is 2.67 bits per heavy atom. The highest BCUT2D eigenvalue weighted by molar-refractivity contribution is 7.89. The van der Waals surface area contributed by atoms with Crippen LogP contribution in [0.15, 0.2) is 39.9 Å². The van der Waals surface area contributed by atoms with Crippen LogP contribution in [0.1, 0.15) is 30.0 Å². The molecule has 0 unspecified atom stereocenters. The van der Waals surface area contributed by atoms with Crippen molar-refractivity contribution >= 4 is 21.4 Å². The molecule has 0 spiro atoms. The zero-order valence-corrected chi connectivity index (χ0v) is 15.2. The molecule has 130 valence electrons.